The SMILES string of the molecule is Cc1ccc2c(c1)N(c1ccc(NC(=O)C(N)C(C)C)cc1)C(=O)N(C1CCN(Cc3ccccc3)CC1)N=C2C1CCCCC1. The molecular weight excluding hydrogens is 572 g/mol. The molecule has 2 aliphatic heterocycles. The highest BCUT2D eigenvalue weighted by atomic mass is 16.2. The zero-order valence-corrected chi connectivity index (χ0v) is 27.5. The number of nitrogens with two attached hydrogens (primary N) is 1. The summed E-state index contributed by atoms with van der Waals surface area (Å²) in [4.78, 5) is 31.8. The van der Waals surface area contributed by atoms with Gasteiger partial charge in [-0.1, -0.05) is 75.6 Å². The summed E-state index contributed by atoms with van der Waals surface area (Å²) in [5.41, 5.74) is 12.8. The van der Waals surface area contributed by atoms with Crippen molar-refractivity contribution in [1.82, 2.24) is 9.91 Å². The number of nitrogens with zero attached hydrogens (tertiary/aromatic N) is 4. The summed E-state index contributed by atoms with van der Waals surface area (Å²) < 4.78 is 0. The van der Waals surface area contributed by atoms with E-state index >= 15 is 0 Å². The van der Waals surface area contributed by atoms with Crippen molar-refractivity contribution in [3.63, 3.8) is 0 Å². The molecule has 3 aromatic rings. The van der Waals surface area contributed by atoms with Crippen LogP contribution in [0, 0.1) is 18.8 Å². The van der Waals surface area contributed by atoms with E-state index in [1.807, 2.05) is 48.0 Å². The Labute approximate surface area is 273 Å². The maximum absolute atomic E-state index is 14.8. The summed E-state index contributed by atoms with van der Waals surface area (Å²) in [6.45, 7) is 8.68. The van der Waals surface area contributed by atoms with Crippen molar-refractivity contribution in [3.05, 3.63) is 89.5 Å². The zero-order valence-electron chi connectivity index (χ0n) is 27.5. The maximum Gasteiger partial charge on any atom is 0.349 e. The first-order valence-electron chi connectivity index (χ1n) is 17.0. The Kier molecular flexibility index (Phi) is 9.85. The van der Waals surface area contributed by atoms with Gasteiger partial charge in [0.2, 0.25) is 5.91 Å². The summed E-state index contributed by atoms with van der Waals surface area (Å²) in [6, 6.07) is 23.8. The van der Waals surface area contributed by atoms with Gasteiger partial charge in [-0.25, -0.2) is 9.80 Å². The molecule has 1 aliphatic carbocycles. The second-order valence-electron chi connectivity index (χ2n) is 13.6. The number of urea groups is 1. The molecule has 3 N–H and O–H groups in total. The Bertz CT molecular complexity index is 1540. The molecule has 3 amide bonds. The van der Waals surface area contributed by atoms with E-state index in [0.717, 1.165) is 73.5 Å². The van der Waals surface area contributed by atoms with Crippen LogP contribution in [0.4, 0.5) is 21.9 Å². The fourth-order valence-electron chi connectivity index (χ4n) is 7.01. The first-order valence-corrected chi connectivity index (χ1v) is 17.0. The number of aryl methyl sites for hydroxylation is 1. The van der Waals surface area contributed by atoms with Gasteiger partial charge in [-0.3, -0.25) is 14.6 Å². The molecule has 1 atom stereocenters. The normalized spacial score (nSPS) is 19.1. The minimum absolute atomic E-state index is 0.00658. The lowest BCUT2D eigenvalue weighted by Gasteiger charge is -2.37. The number of hydrazone groups is 1. The molecule has 0 bridgehead atoms. The molecule has 0 aromatic heterocycles. The third-order valence-corrected chi connectivity index (χ3v) is 9.83. The number of benzene rings is 3. The smallest absolute Gasteiger partial charge is 0.325 e. The maximum atomic E-state index is 14.8. The third-order valence-electron chi connectivity index (χ3n) is 9.83. The third kappa shape index (κ3) is 7.03. The van der Waals surface area contributed by atoms with Crippen LogP contribution in [0.3, 0.4) is 0 Å². The average molecular weight is 621 g/mol. The molecule has 0 radical (unpaired) electrons. The quantitative estimate of drug-likeness (QED) is 0.274. The van der Waals surface area contributed by atoms with E-state index in [1.54, 1.807) is 0 Å². The van der Waals surface area contributed by atoms with Crippen molar-refractivity contribution in [2.24, 2.45) is 22.7 Å². The minimum Gasteiger partial charge on any atom is -0.325 e. The van der Waals surface area contributed by atoms with Crippen LogP contribution in [0.1, 0.15) is 75.5 Å². The van der Waals surface area contributed by atoms with Crippen LogP contribution in [-0.4, -0.2) is 52.7 Å². The lowest BCUT2D eigenvalue weighted by atomic mass is 9.82. The molecule has 8 heteroatoms. The standard InChI is InChI=1S/C38H48N6O2/c1-26(2)35(39)37(45)40-30-15-17-31(18-16-30)43-34-24-27(3)14-19-33(34)36(29-12-8-5-9-13-29)41-44(38(43)46)32-20-22-42(23-21-32)25-28-10-6-4-7-11-28/h4,6-7,10-11,14-19,24,26,29,32,35H,5,8-9,12-13,20-23,25,39H2,1-3H3,(H,40,45). The van der Waals surface area contributed by atoms with Gasteiger partial charge in [0, 0.05) is 36.8 Å². The van der Waals surface area contributed by atoms with E-state index in [2.05, 4.69) is 65.7 Å². The highest BCUT2D eigenvalue weighted by molar-refractivity contribution is 6.14. The number of likely N-dealkylation sites (tertiary alicyclic amines) is 1. The minimum atomic E-state index is -0.593. The fraction of sp³-hybridized carbons (Fsp3) is 0.447. The summed E-state index contributed by atoms with van der Waals surface area (Å²) in [5.74, 6) is 0.138. The molecule has 2 fully saturated rings. The monoisotopic (exact) mass is 620 g/mol. The van der Waals surface area contributed by atoms with Gasteiger partial charge in [0.15, 0.2) is 0 Å². The van der Waals surface area contributed by atoms with Crippen LogP contribution in [0.25, 0.3) is 0 Å². The van der Waals surface area contributed by atoms with Crippen LogP contribution >= 0.6 is 0 Å². The van der Waals surface area contributed by atoms with Gasteiger partial charge < -0.3 is 11.1 Å². The molecule has 242 valence electrons. The molecule has 3 aliphatic rings. The second-order valence-corrected chi connectivity index (χ2v) is 13.6. The number of carbonyl (C=O) groups excluding carboxylic acids is 2. The Morgan fingerprint density at radius 1 is 0.935 bits per heavy atom. The lowest BCUT2D eigenvalue weighted by molar-refractivity contribution is -0.118. The van der Waals surface area contributed by atoms with Crippen LogP contribution in [0.2, 0.25) is 0 Å². The van der Waals surface area contributed by atoms with Crippen LogP contribution in [0.5, 0.6) is 0 Å². The Morgan fingerprint density at radius 3 is 2.30 bits per heavy atom. The molecule has 3 aromatic carbocycles. The number of carbonyl (C=O) groups is 2. The van der Waals surface area contributed by atoms with Crippen LogP contribution < -0.4 is 16.0 Å². The van der Waals surface area contributed by atoms with Gasteiger partial charge in [0.05, 0.1) is 29.2 Å². The first-order chi connectivity index (χ1) is 22.3. The Balaban J connectivity index is 1.32. The molecule has 6 rings (SSSR count). The van der Waals surface area contributed by atoms with Gasteiger partial charge >= 0.3 is 6.03 Å². The zero-order chi connectivity index (χ0) is 32.2. The van der Waals surface area contributed by atoms with E-state index in [0.29, 0.717) is 11.6 Å². The van der Waals surface area contributed by atoms with Gasteiger partial charge in [-0.05, 0) is 80.0 Å². The van der Waals surface area contributed by atoms with Crippen LogP contribution in [-0.2, 0) is 11.3 Å². The molecule has 0 spiro atoms. The molecule has 8 nitrogen and oxygen atoms in total. The van der Waals surface area contributed by atoms with Crippen molar-refractivity contribution in [1.29, 1.82) is 0 Å². The van der Waals surface area contributed by atoms with Crippen molar-refractivity contribution in [2.75, 3.05) is 23.3 Å². The number of nitrogens with one attached hydrogen (secondary N) is 1. The fourth-order valence-corrected chi connectivity index (χ4v) is 7.01. The molecule has 46 heavy (non-hydrogen) atoms. The highest BCUT2D eigenvalue weighted by Gasteiger charge is 2.38. The predicted molar refractivity (Wildman–Crippen MR) is 186 cm³/mol. The average Bonchev–Trinajstić information content (AvgIpc) is 3.19. The Morgan fingerprint density at radius 2 is 1.63 bits per heavy atom. The summed E-state index contributed by atoms with van der Waals surface area (Å²) in [6.07, 6.45) is 7.55. The number of fused-ring (bicyclic) bond motifs is 1. The number of rotatable bonds is 8. The predicted octanol–water partition coefficient (Wildman–Crippen LogP) is 7.44. The highest BCUT2D eigenvalue weighted by Crippen LogP contribution is 2.39. The topological polar surface area (TPSA) is 94.3 Å². The van der Waals surface area contributed by atoms with Crippen molar-refractivity contribution < 1.29 is 9.59 Å². The van der Waals surface area contributed by atoms with E-state index < -0.39 is 6.04 Å². The molecular formula is C38H48N6O2. The number of anilines is 3. The van der Waals surface area contributed by atoms with E-state index in [4.69, 9.17) is 10.8 Å². The first kappa shape index (κ1) is 32.0. The van der Waals surface area contributed by atoms with Crippen molar-refractivity contribution in [3.8, 4) is 0 Å². The summed E-state index contributed by atoms with van der Waals surface area (Å²) in [7, 11) is 0. The lowest BCUT2D eigenvalue weighted by Crippen LogP contribution is -2.48. The largest absolute Gasteiger partial charge is 0.349 e. The van der Waals surface area contributed by atoms with Gasteiger partial charge in [0.1, 0.15) is 0 Å². The molecule has 1 saturated carbocycles. The van der Waals surface area contributed by atoms with Crippen molar-refractivity contribution in [2.45, 2.75) is 84.3 Å². The van der Waals surface area contributed by atoms with Crippen molar-refractivity contribution >= 4 is 34.7 Å². The number of piperidine rings is 1. The number of amides is 3. The van der Waals surface area contributed by atoms with E-state index in [9.17, 15) is 9.59 Å². The van der Waals surface area contributed by atoms with Gasteiger partial charge in [-0.15, -0.1) is 0 Å². The second kappa shape index (κ2) is 14.2. The summed E-state index contributed by atoms with van der Waals surface area (Å²) in [5, 5.41) is 10.1. The van der Waals surface area contributed by atoms with Gasteiger partial charge in [0.25, 0.3) is 0 Å². The number of hydrogen-bond donors (Lipinski definition) is 2. The molecule has 1 saturated heterocycles. The van der Waals surface area contributed by atoms with Crippen LogP contribution in [0.15, 0.2) is 77.9 Å². The number of hydrogen-bond acceptors (Lipinski definition) is 5. The Hall–Kier alpha value is -4.01. The van der Waals surface area contributed by atoms with Gasteiger partial charge in [-0.2, -0.15) is 5.10 Å². The molecule has 1 unspecified atom stereocenters. The molecule has 2 heterocycles. The van der Waals surface area contributed by atoms with E-state index in [1.165, 1.54) is 24.8 Å². The van der Waals surface area contributed by atoms with E-state index in [-0.39, 0.29) is 23.9 Å². The summed E-state index contributed by atoms with van der Waals surface area (Å²) >= 11 is 0.